The molecule has 0 unspecified atom stereocenters. The highest BCUT2D eigenvalue weighted by Crippen LogP contribution is 2.24. The standard InChI is InChI=1S/C24H27N3O7S/c1-24(23(29)26-30,35(3,31)32)11-13-27-12-10-19(14-22(27)28)18-5-7-20(8-6-18)34-16-17-4-9-21(33-2)25-15-17/h4-10,12,14-15,30H,11,13,16H2,1-3H3,(H,26,29)/t24-/m1/s1. The first-order chi connectivity index (χ1) is 16.6. The third-order valence-electron chi connectivity index (χ3n) is 5.83. The fourth-order valence-corrected chi connectivity index (χ4v) is 4.16. The molecule has 35 heavy (non-hydrogen) atoms. The molecule has 0 spiro atoms. The van der Waals surface area contributed by atoms with Gasteiger partial charge in [0.25, 0.3) is 11.5 Å². The van der Waals surface area contributed by atoms with Gasteiger partial charge in [0.05, 0.1) is 7.11 Å². The minimum absolute atomic E-state index is 0.0247. The maximum atomic E-state index is 12.6. The predicted molar refractivity (Wildman–Crippen MR) is 129 cm³/mol. The Kier molecular flexibility index (Phi) is 7.92. The predicted octanol–water partition coefficient (Wildman–Crippen LogP) is 2.20. The van der Waals surface area contributed by atoms with Crippen LogP contribution in [0, 0.1) is 0 Å². The molecule has 0 bridgehead atoms. The number of ether oxygens (including phenoxy) is 2. The van der Waals surface area contributed by atoms with Gasteiger partial charge in [0.1, 0.15) is 12.4 Å². The van der Waals surface area contributed by atoms with Crippen LogP contribution in [0.4, 0.5) is 0 Å². The highest BCUT2D eigenvalue weighted by Gasteiger charge is 2.43. The molecule has 1 aromatic carbocycles. The van der Waals surface area contributed by atoms with Crippen LogP contribution in [0.5, 0.6) is 11.6 Å². The Hall–Kier alpha value is -3.70. The van der Waals surface area contributed by atoms with E-state index in [-0.39, 0.29) is 18.5 Å². The molecule has 2 N–H and O–H groups in total. The Labute approximate surface area is 203 Å². The summed E-state index contributed by atoms with van der Waals surface area (Å²) in [6.07, 6.45) is 3.94. The van der Waals surface area contributed by atoms with Crippen LogP contribution < -0.4 is 20.5 Å². The molecule has 2 heterocycles. The molecule has 0 aliphatic heterocycles. The van der Waals surface area contributed by atoms with Crippen LogP contribution in [0.1, 0.15) is 18.9 Å². The summed E-state index contributed by atoms with van der Waals surface area (Å²) in [5.41, 5.74) is 3.41. The Morgan fingerprint density at radius 3 is 2.40 bits per heavy atom. The number of hydrogen-bond donors (Lipinski definition) is 2. The highest BCUT2D eigenvalue weighted by molar-refractivity contribution is 7.92. The van der Waals surface area contributed by atoms with Crippen molar-refractivity contribution in [3.8, 4) is 22.8 Å². The molecule has 0 saturated carbocycles. The van der Waals surface area contributed by atoms with Gasteiger partial charge in [-0.1, -0.05) is 12.1 Å². The zero-order chi connectivity index (χ0) is 25.6. The van der Waals surface area contributed by atoms with E-state index in [1.54, 1.807) is 37.6 Å². The lowest BCUT2D eigenvalue weighted by atomic mass is 10.1. The summed E-state index contributed by atoms with van der Waals surface area (Å²) in [5.74, 6) is 0.135. The van der Waals surface area contributed by atoms with Crippen molar-refractivity contribution < 1.29 is 27.9 Å². The normalized spacial score (nSPS) is 13.0. The first-order valence-electron chi connectivity index (χ1n) is 10.6. The summed E-state index contributed by atoms with van der Waals surface area (Å²) in [4.78, 5) is 28.7. The smallest absolute Gasteiger partial charge is 0.264 e. The van der Waals surface area contributed by atoms with Crippen molar-refractivity contribution in [2.45, 2.75) is 31.2 Å². The number of benzene rings is 1. The second-order valence-corrected chi connectivity index (χ2v) is 10.6. The maximum absolute atomic E-state index is 12.6. The molecule has 186 valence electrons. The summed E-state index contributed by atoms with van der Waals surface area (Å²) in [5, 5.41) is 8.93. The molecule has 0 saturated heterocycles. The molecular formula is C24H27N3O7S. The zero-order valence-corrected chi connectivity index (χ0v) is 20.4. The number of aromatic nitrogens is 2. The van der Waals surface area contributed by atoms with Gasteiger partial charge < -0.3 is 14.0 Å². The van der Waals surface area contributed by atoms with Crippen molar-refractivity contribution in [3.05, 3.63) is 76.8 Å². The molecule has 1 amide bonds. The fraction of sp³-hybridized carbons (Fsp3) is 0.292. The van der Waals surface area contributed by atoms with Crippen molar-refractivity contribution >= 4 is 15.7 Å². The van der Waals surface area contributed by atoms with E-state index in [1.165, 1.54) is 29.2 Å². The molecule has 3 aromatic rings. The summed E-state index contributed by atoms with van der Waals surface area (Å²) in [6.45, 7) is 1.53. The molecule has 1 atom stereocenters. The monoisotopic (exact) mass is 501 g/mol. The summed E-state index contributed by atoms with van der Waals surface area (Å²) in [6, 6.07) is 14.0. The average molecular weight is 502 g/mol. The number of aryl methyl sites for hydroxylation is 1. The lowest BCUT2D eigenvalue weighted by Gasteiger charge is -2.25. The summed E-state index contributed by atoms with van der Waals surface area (Å²) < 4.78 is 34.5. The number of sulfone groups is 1. The van der Waals surface area contributed by atoms with E-state index in [0.29, 0.717) is 23.8 Å². The number of hydroxylamine groups is 1. The van der Waals surface area contributed by atoms with E-state index in [1.807, 2.05) is 18.2 Å². The van der Waals surface area contributed by atoms with E-state index in [2.05, 4.69) is 4.98 Å². The number of pyridine rings is 2. The number of carbonyl (C=O) groups is 1. The first-order valence-corrected chi connectivity index (χ1v) is 12.5. The van der Waals surface area contributed by atoms with Gasteiger partial charge in [-0.15, -0.1) is 0 Å². The highest BCUT2D eigenvalue weighted by atomic mass is 32.2. The minimum atomic E-state index is -3.85. The van der Waals surface area contributed by atoms with Gasteiger partial charge in [0.15, 0.2) is 14.6 Å². The van der Waals surface area contributed by atoms with Gasteiger partial charge in [-0.3, -0.25) is 14.8 Å². The maximum Gasteiger partial charge on any atom is 0.264 e. The van der Waals surface area contributed by atoms with E-state index in [9.17, 15) is 18.0 Å². The average Bonchev–Trinajstić information content (AvgIpc) is 2.86. The van der Waals surface area contributed by atoms with Crippen LogP contribution in [-0.4, -0.2) is 47.2 Å². The fourth-order valence-electron chi connectivity index (χ4n) is 3.32. The van der Waals surface area contributed by atoms with Crippen molar-refractivity contribution in [1.29, 1.82) is 0 Å². The molecule has 10 nitrogen and oxygen atoms in total. The van der Waals surface area contributed by atoms with E-state index >= 15 is 0 Å². The van der Waals surface area contributed by atoms with E-state index in [0.717, 1.165) is 17.4 Å². The second kappa shape index (κ2) is 10.7. The SMILES string of the molecule is COc1ccc(COc2ccc(-c3ccn(CC[C@](C)(C(=O)NO)S(C)(=O)=O)c(=O)c3)cc2)cn1. The number of methoxy groups -OCH3 is 1. The zero-order valence-electron chi connectivity index (χ0n) is 19.6. The van der Waals surface area contributed by atoms with Gasteiger partial charge in [-0.2, -0.15) is 0 Å². The van der Waals surface area contributed by atoms with E-state index in [4.69, 9.17) is 14.7 Å². The molecular weight excluding hydrogens is 474 g/mol. The van der Waals surface area contributed by atoms with Crippen molar-refractivity contribution in [1.82, 2.24) is 15.0 Å². The number of nitrogens with zero attached hydrogens (tertiary/aromatic N) is 2. The van der Waals surface area contributed by atoms with Crippen LogP contribution in [-0.2, 0) is 27.8 Å². The van der Waals surface area contributed by atoms with Crippen molar-refractivity contribution in [3.63, 3.8) is 0 Å². The summed E-state index contributed by atoms with van der Waals surface area (Å²) in [7, 11) is -2.30. The molecule has 0 fully saturated rings. The number of hydrogen-bond acceptors (Lipinski definition) is 8. The van der Waals surface area contributed by atoms with E-state index < -0.39 is 20.5 Å². The van der Waals surface area contributed by atoms with Crippen molar-refractivity contribution in [2.75, 3.05) is 13.4 Å². The van der Waals surface area contributed by atoms with Crippen LogP contribution in [0.15, 0.2) is 65.7 Å². The molecule has 0 radical (unpaired) electrons. The molecule has 3 rings (SSSR count). The Bertz CT molecular complexity index is 1340. The molecule has 2 aromatic heterocycles. The number of rotatable bonds is 10. The van der Waals surface area contributed by atoms with Gasteiger partial charge in [0.2, 0.25) is 5.88 Å². The van der Waals surface area contributed by atoms with Crippen molar-refractivity contribution in [2.24, 2.45) is 0 Å². The Morgan fingerprint density at radius 2 is 1.86 bits per heavy atom. The second-order valence-electron chi connectivity index (χ2n) is 8.16. The van der Waals surface area contributed by atoms with Gasteiger partial charge in [-0.25, -0.2) is 18.9 Å². The molecule has 0 aliphatic carbocycles. The lowest BCUT2D eigenvalue weighted by Crippen LogP contribution is -2.49. The third-order valence-corrected chi connectivity index (χ3v) is 7.85. The number of carbonyl (C=O) groups excluding carboxylic acids is 1. The molecule has 0 aliphatic rings. The van der Waals surface area contributed by atoms with Gasteiger partial charge in [0, 0.05) is 42.9 Å². The number of amides is 1. The number of nitrogens with one attached hydrogen (secondary N) is 1. The van der Waals surface area contributed by atoms with Crippen LogP contribution >= 0.6 is 0 Å². The largest absolute Gasteiger partial charge is 0.489 e. The van der Waals surface area contributed by atoms with Gasteiger partial charge in [-0.05, 0) is 48.7 Å². The minimum Gasteiger partial charge on any atom is -0.489 e. The van der Waals surface area contributed by atoms with Crippen LogP contribution in [0.2, 0.25) is 0 Å². The quantitative estimate of drug-likeness (QED) is 0.319. The topological polar surface area (TPSA) is 137 Å². The third kappa shape index (κ3) is 6.06. The summed E-state index contributed by atoms with van der Waals surface area (Å²) >= 11 is 0. The Morgan fingerprint density at radius 1 is 1.14 bits per heavy atom. The molecule has 11 heteroatoms. The van der Waals surface area contributed by atoms with Gasteiger partial charge >= 0.3 is 0 Å². The van der Waals surface area contributed by atoms with Crippen LogP contribution in [0.3, 0.4) is 0 Å². The lowest BCUT2D eigenvalue weighted by molar-refractivity contribution is -0.131. The van der Waals surface area contributed by atoms with Crippen LogP contribution in [0.25, 0.3) is 11.1 Å². The first kappa shape index (κ1) is 25.9. The Balaban J connectivity index is 1.67.